The highest BCUT2D eigenvalue weighted by atomic mass is 32.2. The number of hydrogen-bond donors (Lipinski definition) is 2. The van der Waals surface area contributed by atoms with Crippen LogP contribution in [0, 0.1) is 6.92 Å². The van der Waals surface area contributed by atoms with Crippen LogP contribution >= 0.6 is 11.3 Å². The Kier molecular flexibility index (Phi) is 4.67. The zero-order valence-corrected chi connectivity index (χ0v) is 17.7. The van der Waals surface area contributed by atoms with Gasteiger partial charge in [-0.15, -0.1) is 0 Å². The summed E-state index contributed by atoms with van der Waals surface area (Å²) in [6, 6.07) is 7.09. The van der Waals surface area contributed by atoms with Gasteiger partial charge in [-0.2, -0.15) is 8.78 Å². The quantitative estimate of drug-likeness (QED) is 0.474. The molecule has 12 heteroatoms. The van der Waals surface area contributed by atoms with Gasteiger partial charge in [0.25, 0.3) is 0 Å². The normalized spacial score (nSPS) is 12.6. The second kappa shape index (κ2) is 6.86. The van der Waals surface area contributed by atoms with Crippen molar-refractivity contribution in [1.82, 2.24) is 14.5 Å². The lowest BCUT2D eigenvalue weighted by atomic mass is 10.3. The molecule has 0 saturated heterocycles. The Balaban J connectivity index is 1.82. The Bertz CT molecular complexity index is 1390. The lowest BCUT2D eigenvalue weighted by Crippen LogP contribution is -2.20. The van der Waals surface area contributed by atoms with Crippen molar-refractivity contribution < 1.29 is 21.9 Å². The predicted molar refractivity (Wildman–Crippen MR) is 111 cm³/mol. The second-order valence-electron chi connectivity index (χ2n) is 6.75. The summed E-state index contributed by atoms with van der Waals surface area (Å²) < 4.78 is 57.7. The van der Waals surface area contributed by atoms with E-state index in [0.29, 0.717) is 17.6 Å². The van der Waals surface area contributed by atoms with E-state index in [4.69, 9.17) is 5.14 Å². The molecule has 0 unspecified atom stereocenters. The molecule has 4 aromatic rings. The van der Waals surface area contributed by atoms with Crippen molar-refractivity contribution in [2.24, 2.45) is 12.2 Å². The van der Waals surface area contributed by atoms with Crippen LogP contribution in [-0.2, 0) is 17.1 Å². The van der Waals surface area contributed by atoms with E-state index in [-0.39, 0.29) is 16.3 Å². The molecule has 0 bridgehead atoms. The Morgan fingerprint density at radius 1 is 1.23 bits per heavy atom. The van der Waals surface area contributed by atoms with Gasteiger partial charge in [-0.05, 0) is 37.3 Å². The molecule has 0 aliphatic carbocycles. The van der Waals surface area contributed by atoms with Crippen LogP contribution in [0.4, 0.5) is 19.6 Å². The Hall–Kier alpha value is -2.83. The van der Waals surface area contributed by atoms with Gasteiger partial charge in [0.2, 0.25) is 10.0 Å². The lowest BCUT2D eigenvalue weighted by molar-refractivity contribution is -0.158. The van der Waals surface area contributed by atoms with E-state index in [1.165, 1.54) is 11.3 Å². The summed E-state index contributed by atoms with van der Waals surface area (Å²) in [5.74, 6) is 0.581. The van der Waals surface area contributed by atoms with Crippen molar-refractivity contribution in [1.29, 1.82) is 0 Å². The van der Waals surface area contributed by atoms with Gasteiger partial charge >= 0.3 is 6.11 Å². The Labute approximate surface area is 174 Å². The first kappa shape index (κ1) is 20.4. The van der Waals surface area contributed by atoms with E-state index in [1.54, 1.807) is 0 Å². The molecule has 0 saturated carbocycles. The van der Waals surface area contributed by atoms with E-state index in [9.17, 15) is 17.2 Å². The largest absolute Gasteiger partial charge is 0.431 e. The van der Waals surface area contributed by atoms with Crippen molar-refractivity contribution in [3.63, 3.8) is 0 Å². The van der Waals surface area contributed by atoms with Gasteiger partial charge in [-0.1, -0.05) is 11.3 Å². The predicted octanol–water partition coefficient (Wildman–Crippen LogP) is 3.87. The van der Waals surface area contributed by atoms with Crippen molar-refractivity contribution in [2.75, 3.05) is 5.32 Å². The molecule has 158 valence electrons. The molecule has 30 heavy (non-hydrogen) atoms. The van der Waals surface area contributed by atoms with Gasteiger partial charge in [0.15, 0.2) is 5.13 Å². The number of rotatable bonds is 5. The maximum absolute atomic E-state index is 13.4. The minimum absolute atomic E-state index is 0.000429. The molecular formula is C18H17F2N5O3S2. The van der Waals surface area contributed by atoms with Crippen LogP contribution in [0.25, 0.3) is 21.3 Å². The van der Waals surface area contributed by atoms with Gasteiger partial charge in [0.05, 0.1) is 26.3 Å². The topological polar surface area (TPSA) is 112 Å². The summed E-state index contributed by atoms with van der Waals surface area (Å²) >= 11 is 1.28. The number of aromatic nitrogens is 3. The molecule has 0 atom stereocenters. The molecule has 2 aromatic heterocycles. The number of benzene rings is 2. The maximum atomic E-state index is 13.4. The van der Waals surface area contributed by atoms with Gasteiger partial charge in [-0.25, -0.2) is 23.5 Å². The third-order valence-corrected chi connectivity index (χ3v) is 6.27. The van der Waals surface area contributed by atoms with Gasteiger partial charge in [0.1, 0.15) is 17.1 Å². The van der Waals surface area contributed by atoms with E-state index >= 15 is 0 Å². The average Bonchev–Trinajstić information content (AvgIpc) is 3.14. The SMILES string of the molecule is Cc1nc2ccc3sc(Nc4cc(S(N)(=O)=O)ccc4OC(C)(F)F)nc3c2n1C. The summed E-state index contributed by atoms with van der Waals surface area (Å²) in [7, 11) is -2.17. The number of sulfonamides is 1. The third-order valence-electron chi connectivity index (χ3n) is 4.43. The first-order chi connectivity index (χ1) is 13.9. The third kappa shape index (κ3) is 3.80. The number of hydrogen-bond acceptors (Lipinski definition) is 7. The fraction of sp³-hybridized carbons (Fsp3) is 0.222. The number of aryl methyl sites for hydroxylation is 2. The fourth-order valence-corrected chi connectivity index (χ4v) is 4.46. The number of thiazole rings is 1. The van der Waals surface area contributed by atoms with Crippen LogP contribution in [0.15, 0.2) is 35.2 Å². The zero-order chi connectivity index (χ0) is 21.8. The number of alkyl halides is 2. The first-order valence-corrected chi connectivity index (χ1v) is 11.0. The van der Waals surface area contributed by atoms with Crippen molar-refractivity contribution in [3.8, 4) is 5.75 Å². The van der Waals surface area contributed by atoms with Crippen LogP contribution in [0.3, 0.4) is 0 Å². The van der Waals surface area contributed by atoms with Gasteiger partial charge < -0.3 is 14.6 Å². The molecule has 0 fully saturated rings. The van der Waals surface area contributed by atoms with E-state index in [2.05, 4.69) is 20.0 Å². The summed E-state index contributed by atoms with van der Waals surface area (Å²) in [4.78, 5) is 8.79. The molecule has 0 spiro atoms. The molecule has 4 rings (SSSR count). The number of ether oxygens (including phenoxy) is 1. The number of imidazole rings is 1. The van der Waals surface area contributed by atoms with E-state index in [0.717, 1.165) is 39.8 Å². The van der Waals surface area contributed by atoms with Crippen LogP contribution in [0.5, 0.6) is 5.75 Å². The molecule has 8 nitrogen and oxygen atoms in total. The number of nitrogens with one attached hydrogen (secondary N) is 1. The fourth-order valence-electron chi connectivity index (χ4n) is 3.04. The Morgan fingerprint density at radius 3 is 2.63 bits per heavy atom. The van der Waals surface area contributed by atoms with Crippen LogP contribution in [0.2, 0.25) is 0 Å². The van der Waals surface area contributed by atoms with Crippen molar-refractivity contribution in [3.05, 3.63) is 36.2 Å². The highest BCUT2D eigenvalue weighted by molar-refractivity contribution is 7.89. The number of anilines is 2. The van der Waals surface area contributed by atoms with Crippen LogP contribution in [0.1, 0.15) is 12.7 Å². The van der Waals surface area contributed by atoms with Crippen molar-refractivity contribution >= 4 is 53.4 Å². The number of nitrogens with zero attached hydrogens (tertiary/aromatic N) is 3. The number of nitrogens with two attached hydrogens (primary N) is 1. The van der Waals surface area contributed by atoms with Crippen LogP contribution in [-0.4, -0.2) is 29.1 Å². The standard InChI is InChI=1S/C18H17F2N5O3S2/c1-9-22-11-5-7-14-15(16(11)25(9)3)24-17(29-14)23-12-8-10(30(21,26)27)4-6-13(12)28-18(2,19)20/h4-8H,1-3H3,(H,23,24)(H2,21,26,27). The molecule has 2 heterocycles. The summed E-state index contributed by atoms with van der Waals surface area (Å²) in [6.45, 7) is 2.47. The van der Waals surface area contributed by atoms with Gasteiger partial charge in [0, 0.05) is 14.0 Å². The molecule has 0 aliphatic heterocycles. The first-order valence-electron chi connectivity index (χ1n) is 8.66. The summed E-state index contributed by atoms with van der Waals surface area (Å²) in [5, 5.41) is 8.43. The smallest absolute Gasteiger partial charge is 0.394 e. The molecular weight excluding hydrogens is 436 g/mol. The monoisotopic (exact) mass is 453 g/mol. The van der Waals surface area contributed by atoms with Crippen LogP contribution < -0.4 is 15.2 Å². The van der Waals surface area contributed by atoms with E-state index < -0.39 is 16.1 Å². The molecule has 0 aliphatic rings. The average molecular weight is 453 g/mol. The van der Waals surface area contributed by atoms with E-state index in [1.807, 2.05) is 30.7 Å². The lowest BCUT2D eigenvalue weighted by Gasteiger charge is -2.17. The minimum Gasteiger partial charge on any atom is -0.431 e. The molecule has 0 radical (unpaired) electrons. The molecule has 0 amide bonds. The minimum atomic E-state index is -4.05. The number of primary sulfonamides is 1. The molecule has 2 aromatic carbocycles. The highest BCUT2D eigenvalue weighted by Crippen LogP contribution is 2.37. The van der Waals surface area contributed by atoms with Crippen molar-refractivity contribution in [2.45, 2.75) is 24.9 Å². The van der Waals surface area contributed by atoms with Gasteiger partial charge in [-0.3, -0.25) is 0 Å². The summed E-state index contributed by atoms with van der Waals surface area (Å²) in [6.07, 6.45) is -3.47. The highest BCUT2D eigenvalue weighted by Gasteiger charge is 2.26. The number of halogens is 2. The second-order valence-corrected chi connectivity index (χ2v) is 9.35. The maximum Gasteiger partial charge on any atom is 0.394 e. The summed E-state index contributed by atoms with van der Waals surface area (Å²) in [5.41, 5.74) is 2.31. The number of fused-ring (bicyclic) bond motifs is 3. The zero-order valence-electron chi connectivity index (χ0n) is 16.1. The molecule has 3 N–H and O–H groups in total. The Morgan fingerprint density at radius 2 is 1.97 bits per heavy atom.